The molecule has 158 valence electrons. The van der Waals surface area contributed by atoms with Gasteiger partial charge in [-0.25, -0.2) is 4.68 Å². The Morgan fingerprint density at radius 1 is 0.938 bits per heavy atom. The lowest BCUT2D eigenvalue weighted by molar-refractivity contribution is -0.120. The third-order valence-corrected chi connectivity index (χ3v) is 5.36. The van der Waals surface area contributed by atoms with E-state index in [1.807, 2.05) is 89.6 Å². The van der Waals surface area contributed by atoms with Crippen molar-refractivity contribution in [2.24, 2.45) is 0 Å². The molecule has 0 bridgehead atoms. The first kappa shape index (κ1) is 20.0. The molecule has 8 heteroatoms. The molecule has 3 aromatic heterocycles. The molecule has 0 aliphatic rings. The van der Waals surface area contributed by atoms with Gasteiger partial charge in [-0.05, 0) is 36.4 Å². The number of para-hydroxylation sites is 1. The second kappa shape index (κ2) is 8.64. The Morgan fingerprint density at radius 2 is 1.72 bits per heavy atom. The summed E-state index contributed by atoms with van der Waals surface area (Å²) in [7, 11) is 0. The molecular weight excluding hydrogens is 424 g/mol. The molecule has 1 N–H and O–H groups in total. The molecule has 2 aromatic carbocycles. The normalized spacial score (nSPS) is 11.0. The van der Waals surface area contributed by atoms with E-state index in [-0.39, 0.29) is 18.9 Å². The van der Waals surface area contributed by atoms with Gasteiger partial charge in [0.1, 0.15) is 0 Å². The van der Waals surface area contributed by atoms with Gasteiger partial charge in [0.05, 0.1) is 24.3 Å². The van der Waals surface area contributed by atoms with Crippen LogP contribution in [-0.4, -0.2) is 30.3 Å². The average molecular weight is 443 g/mol. The number of halogens is 1. The highest BCUT2D eigenvalue weighted by Crippen LogP contribution is 2.25. The minimum Gasteiger partial charge on any atom is -0.348 e. The van der Waals surface area contributed by atoms with Crippen LogP contribution in [0.4, 0.5) is 0 Å². The Hall–Kier alpha value is -3.97. The van der Waals surface area contributed by atoms with Gasteiger partial charge >= 0.3 is 0 Å². The second-order valence-corrected chi connectivity index (χ2v) is 7.72. The summed E-state index contributed by atoms with van der Waals surface area (Å²) in [6.45, 7) is 0.285. The van der Waals surface area contributed by atoms with Crippen molar-refractivity contribution in [1.82, 2.24) is 29.7 Å². The number of pyridine rings is 1. The van der Waals surface area contributed by atoms with E-state index < -0.39 is 0 Å². The lowest BCUT2D eigenvalue weighted by Crippen LogP contribution is -2.25. The number of fused-ring (bicyclic) bond motifs is 1. The van der Waals surface area contributed by atoms with Crippen LogP contribution in [0.2, 0.25) is 5.02 Å². The predicted octanol–water partition coefficient (Wildman–Crippen LogP) is 4.09. The van der Waals surface area contributed by atoms with Crippen LogP contribution in [0, 0.1) is 0 Å². The van der Waals surface area contributed by atoms with Crippen LogP contribution in [0.25, 0.3) is 22.6 Å². The molecule has 0 saturated carbocycles. The van der Waals surface area contributed by atoms with E-state index in [9.17, 15) is 4.79 Å². The first-order chi connectivity index (χ1) is 15.7. The first-order valence-electron chi connectivity index (χ1n) is 10.1. The molecule has 0 radical (unpaired) electrons. The van der Waals surface area contributed by atoms with Crippen molar-refractivity contribution in [3.05, 3.63) is 102 Å². The fourth-order valence-corrected chi connectivity index (χ4v) is 3.65. The van der Waals surface area contributed by atoms with Gasteiger partial charge in [0.15, 0.2) is 11.5 Å². The molecule has 0 spiro atoms. The zero-order valence-electron chi connectivity index (χ0n) is 17.0. The second-order valence-electron chi connectivity index (χ2n) is 7.29. The number of amides is 1. The number of nitrogens with zero attached hydrogens (tertiary/aromatic N) is 5. The zero-order valence-corrected chi connectivity index (χ0v) is 17.8. The van der Waals surface area contributed by atoms with Crippen molar-refractivity contribution in [3.63, 3.8) is 0 Å². The maximum atomic E-state index is 12.8. The summed E-state index contributed by atoms with van der Waals surface area (Å²) in [4.78, 5) is 12.8. The number of aromatic nitrogens is 5. The van der Waals surface area contributed by atoms with Gasteiger partial charge in [0, 0.05) is 28.5 Å². The van der Waals surface area contributed by atoms with Crippen LogP contribution < -0.4 is 5.32 Å². The minimum absolute atomic E-state index is 0.125. The molecule has 5 rings (SSSR count). The molecule has 0 unspecified atom stereocenters. The number of rotatable bonds is 6. The van der Waals surface area contributed by atoms with Crippen LogP contribution in [0.3, 0.4) is 0 Å². The van der Waals surface area contributed by atoms with Crippen LogP contribution in [-0.2, 0) is 17.8 Å². The van der Waals surface area contributed by atoms with E-state index in [4.69, 9.17) is 16.7 Å². The van der Waals surface area contributed by atoms with Crippen LogP contribution in [0.1, 0.15) is 11.4 Å². The number of hydrogen-bond donors (Lipinski definition) is 1. The molecule has 0 aliphatic heterocycles. The number of benzene rings is 2. The minimum atomic E-state index is -0.125. The summed E-state index contributed by atoms with van der Waals surface area (Å²) in [5.41, 5.74) is 4.12. The molecule has 32 heavy (non-hydrogen) atoms. The summed E-state index contributed by atoms with van der Waals surface area (Å²) < 4.78 is 3.64. The lowest BCUT2D eigenvalue weighted by atomic mass is 10.1. The van der Waals surface area contributed by atoms with Gasteiger partial charge in [0.25, 0.3) is 0 Å². The van der Waals surface area contributed by atoms with E-state index in [0.717, 1.165) is 28.2 Å². The SMILES string of the molecule is O=C(Cc1cn(-c2ccccc2)nc1-c1ccc(Cl)cc1)NCc1nnc2ccccn12. The topological polar surface area (TPSA) is 77.1 Å². The van der Waals surface area contributed by atoms with E-state index >= 15 is 0 Å². The molecule has 3 heterocycles. The maximum Gasteiger partial charge on any atom is 0.224 e. The zero-order chi connectivity index (χ0) is 21.9. The monoisotopic (exact) mass is 442 g/mol. The largest absolute Gasteiger partial charge is 0.348 e. The standard InChI is InChI=1S/C24H19ClN6O/c25-19-11-9-17(10-12-19)24-18(16-31(29-24)20-6-2-1-3-7-20)14-23(32)26-15-22-28-27-21-8-4-5-13-30(21)22/h1-13,16H,14-15H2,(H,26,32). The van der Waals surface area contributed by atoms with Crippen LogP contribution in [0.5, 0.6) is 0 Å². The van der Waals surface area contributed by atoms with Gasteiger partial charge in [-0.2, -0.15) is 5.10 Å². The number of hydrogen-bond acceptors (Lipinski definition) is 4. The van der Waals surface area contributed by atoms with Gasteiger partial charge < -0.3 is 5.32 Å². The number of nitrogens with one attached hydrogen (secondary N) is 1. The Bertz CT molecular complexity index is 1370. The summed E-state index contributed by atoms with van der Waals surface area (Å²) in [5, 5.41) is 16.6. The first-order valence-corrected chi connectivity index (χ1v) is 10.5. The van der Waals surface area contributed by atoms with E-state index in [1.54, 1.807) is 4.68 Å². The Labute approximate surface area is 189 Å². The molecule has 5 aromatic rings. The van der Waals surface area contributed by atoms with Gasteiger partial charge in [-0.1, -0.05) is 48.0 Å². The van der Waals surface area contributed by atoms with Crippen molar-refractivity contribution < 1.29 is 4.79 Å². The summed E-state index contributed by atoms with van der Waals surface area (Å²) in [5.74, 6) is 0.548. The van der Waals surface area contributed by atoms with Crippen molar-refractivity contribution in [2.75, 3.05) is 0 Å². The van der Waals surface area contributed by atoms with Crippen LogP contribution in [0.15, 0.2) is 85.2 Å². The third kappa shape index (κ3) is 4.10. The van der Waals surface area contributed by atoms with Gasteiger partial charge in [-0.3, -0.25) is 9.20 Å². The van der Waals surface area contributed by atoms with Crippen molar-refractivity contribution in [1.29, 1.82) is 0 Å². The molecule has 0 fully saturated rings. The molecule has 0 atom stereocenters. The van der Waals surface area contributed by atoms with Gasteiger partial charge in [0.2, 0.25) is 5.91 Å². The highest BCUT2D eigenvalue weighted by molar-refractivity contribution is 6.30. The number of carbonyl (C=O) groups excluding carboxylic acids is 1. The van der Waals surface area contributed by atoms with E-state index in [2.05, 4.69) is 15.5 Å². The van der Waals surface area contributed by atoms with E-state index in [1.165, 1.54) is 0 Å². The summed E-state index contributed by atoms with van der Waals surface area (Å²) in [6, 6.07) is 22.9. The number of carbonyl (C=O) groups is 1. The van der Waals surface area contributed by atoms with Crippen molar-refractivity contribution in [3.8, 4) is 16.9 Å². The Balaban J connectivity index is 1.39. The van der Waals surface area contributed by atoms with Crippen molar-refractivity contribution in [2.45, 2.75) is 13.0 Å². The Kier molecular flexibility index (Phi) is 5.39. The quantitative estimate of drug-likeness (QED) is 0.429. The fraction of sp³-hybridized carbons (Fsp3) is 0.0833. The van der Waals surface area contributed by atoms with Gasteiger partial charge in [-0.15, -0.1) is 10.2 Å². The highest BCUT2D eigenvalue weighted by atomic mass is 35.5. The summed E-state index contributed by atoms with van der Waals surface area (Å²) >= 11 is 6.05. The maximum absolute atomic E-state index is 12.8. The van der Waals surface area contributed by atoms with Crippen molar-refractivity contribution >= 4 is 23.2 Å². The fourth-order valence-electron chi connectivity index (χ4n) is 3.53. The molecule has 1 amide bonds. The van der Waals surface area contributed by atoms with Crippen LogP contribution >= 0.6 is 11.6 Å². The lowest BCUT2D eigenvalue weighted by Gasteiger charge is -2.05. The molecule has 7 nitrogen and oxygen atoms in total. The average Bonchev–Trinajstić information content (AvgIpc) is 3.43. The molecule has 0 saturated heterocycles. The highest BCUT2D eigenvalue weighted by Gasteiger charge is 2.16. The molecule has 0 aliphatic carbocycles. The van der Waals surface area contributed by atoms with E-state index in [0.29, 0.717) is 10.8 Å². The Morgan fingerprint density at radius 3 is 2.53 bits per heavy atom. The molecular formula is C24H19ClN6O. The summed E-state index contributed by atoms with van der Waals surface area (Å²) in [6.07, 6.45) is 3.95. The third-order valence-electron chi connectivity index (χ3n) is 5.11. The smallest absolute Gasteiger partial charge is 0.224 e. The predicted molar refractivity (Wildman–Crippen MR) is 123 cm³/mol.